The molecular formula is C16H24N2O2. The summed E-state index contributed by atoms with van der Waals surface area (Å²) in [7, 11) is 0. The Morgan fingerprint density at radius 1 is 1.40 bits per heavy atom. The molecule has 4 heteroatoms. The van der Waals surface area contributed by atoms with Crippen molar-refractivity contribution in [2.45, 2.75) is 45.3 Å². The van der Waals surface area contributed by atoms with Crippen LogP contribution in [0.2, 0.25) is 0 Å². The van der Waals surface area contributed by atoms with Gasteiger partial charge in [-0.3, -0.25) is 4.79 Å². The van der Waals surface area contributed by atoms with E-state index in [2.05, 4.69) is 6.92 Å². The number of morpholine rings is 1. The van der Waals surface area contributed by atoms with Crippen LogP contribution in [0.1, 0.15) is 32.3 Å². The summed E-state index contributed by atoms with van der Waals surface area (Å²) in [5.41, 5.74) is 7.72. The minimum atomic E-state index is 0.124. The highest BCUT2D eigenvalue weighted by Crippen LogP contribution is 2.17. The number of nitrogen functional groups attached to an aromatic ring is 1. The molecule has 0 aromatic heterocycles. The largest absolute Gasteiger partial charge is 0.399 e. The lowest BCUT2D eigenvalue weighted by Gasteiger charge is -2.36. The van der Waals surface area contributed by atoms with Crippen molar-refractivity contribution in [1.29, 1.82) is 0 Å². The first kappa shape index (κ1) is 14.9. The molecule has 1 aromatic rings. The van der Waals surface area contributed by atoms with Gasteiger partial charge in [0, 0.05) is 25.2 Å². The number of ether oxygens (including phenoxy) is 1. The first-order chi connectivity index (χ1) is 9.60. The molecule has 2 unspecified atom stereocenters. The van der Waals surface area contributed by atoms with E-state index in [1.54, 1.807) is 0 Å². The Hall–Kier alpha value is -1.55. The average molecular weight is 276 g/mol. The quantitative estimate of drug-likeness (QED) is 0.858. The van der Waals surface area contributed by atoms with Crippen LogP contribution in [0.25, 0.3) is 0 Å². The van der Waals surface area contributed by atoms with Gasteiger partial charge in [0.05, 0.1) is 12.2 Å². The fraction of sp³-hybridized carbons (Fsp3) is 0.562. The normalized spacial score (nSPS) is 22.8. The van der Waals surface area contributed by atoms with Crippen molar-refractivity contribution in [3.8, 4) is 0 Å². The molecule has 0 spiro atoms. The Morgan fingerprint density at radius 2 is 2.15 bits per heavy atom. The van der Waals surface area contributed by atoms with Gasteiger partial charge in [0.2, 0.25) is 5.91 Å². The van der Waals surface area contributed by atoms with Crippen molar-refractivity contribution in [2.24, 2.45) is 0 Å². The lowest BCUT2D eigenvalue weighted by atomic mass is 10.1. The van der Waals surface area contributed by atoms with Crippen LogP contribution in [0, 0.1) is 0 Å². The number of nitrogens with two attached hydrogens (primary N) is 1. The number of anilines is 1. The zero-order chi connectivity index (χ0) is 14.5. The maximum Gasteiger partial charge on any atom is 0.223 e. The van der Waals surface area contributed by atoms with Gasteiger partial charge in [-0.1, -0.05) is 25.1 Å². The Morgan fingerprint density at radius 3 is 2.85 bits per heavy atom. The second-order valence-corrected chi connectivity index (χ2v) is 5.47. The SMILES string of the molecule is CCC1CN(C(=O)CCc2ccccc2N)CC(C)O1. The van der Waals surface area contributed by atoms with Crippen LogP contribution in [0.3, 0.4) is 0 Å². The highest BCUT2D eigenvalue weighted by molar-refractivity contribution is 5.77. The molecule has 0 aliphatic carbocycles. The zero-order valence-corrected chi connectivity index (χ0v) is 12.3. The fourth-order valence-corrected chi connectivity index (χ4v) is 2.64. The molecule has 1 aliphatic heterocycles. The Labute approximate surface area is 120 Å². The lowest BCUT2D eigenvalue weighted by Crippen LogP contribution is -2.49. The van der Waals surface area contributed by atoms with Crippen LogP contribution in [0.5, 0.6) is 0 Å². The molecule has 0 radical (unpaired) electrons. The third-order valence-electron chi connectivity index (χ3n) is 3.80. The van der Waals surface area contributed by atoms with Gasteiger partial charge in [0.15, 0.2) is 0 Å². The van der Waals surface area contributed by atoms with Crippen LogP contribution >= 0.6 is 0 Å². The zero-order valence-electron chi connectivity index (χ0n) is 12.3. The maximum absolute atomic E-state index is 12.3. The highest BCUT2D eigenvalue weighted by Gasteiger charge is 2.26. The summed E-state index contributed by atoms with van der Waals surface area (Å²) in [6.07, 6.45) is 2.45. The summed E-state index contributed by atoms with van der Waals surface area (Å²) in [4.78, 5) is 14.3. The van der Waals surface area contributed by atoms with Gasteiger partial charge in [-0.2, -0.15) is 0 Å². The Bertz CT molecular complexity index is 462. The molecule has 1 fully saturated rings. The molecule has 1 amide bonds. The van der Waals surface area contributed by atoms with E-state index < -0.39 is 0 Å². The number of hydrogen-bond donors (Lipinski definition) is 1. The van der Waals surface area contributed by atoms with Crippen LogP contribution < -0.4 is 5.73 Å². The molecule has 2 N–H and O–H groups in total. The van der Waals surface area contributed by atoms with Crippen molar-refractivity contribution in [2.75, 3.05) is 18.8 Å². The number of aryl methyl sites for hydroxylation is 1. The van der Waals surface area contributed by atoms with Crippen LogP contribution in [-0.2, 0) is 16.0 Å². The average Bonchev–Trinajstić information content (AvgIpc) is 2.45. The van der Waals surface area contributed by atoms with E-state index in [4.69, 9.17) is 10.5 Å². The molecule has 1 aliphatic rings. The number of benzene rings is 1. The number of hydrogen-bond acceptors (Lipinski definition) is 3. The van der Waals surface area contributed by atoms with E-state index >= 15 is 0 Å². The van der Waals surface area contributed by atoms with Gasteiger partial charge in [0.25, 0.3) is 0 Å². The van der Waals surface area contributed by atoms with E-state index in [0.29, 0.717) is 25.9 Å². The summed E-state index contributed by atoms with van der Waals surface area (Å²) in [5, 5.41) is 0. The number of nitrogens with zero attached hydrogens (tertiary/aromatic N) is 1. The topological polar surface area (TPSA) is 55.6 Å². The summed E-state index contributed by atoms with van der Waals surface area (Å²) < 4.78 is 5.78. The summed E-state index contributed by atoms with van der Waals surface area (Å²) in [6, 6.07) is 7.74. The molecule has 1 saturated heterocycles. The molecule has 4 nitrogen and oxygen atoms in total. The number of amides is 1. The van der Waals surface area contributed by atoms with E-state index in [1.165, 1.54) is 0 Å². The van der Waals surface area contributed by atoms with Crippen molar-refractivity contribution >= 4 is 11.6 Å². The maximum atomic E-state index is 12.3. The highest BCUT2D eigenvalue weighted by atomic mass is 16.5. The van der Waals surface area contributed by atoms with Gasteiger partial charge in [0.1, 0.15) is 0 Å². The lowest BCUT2D eigenvalue weighted by molar-refractivity contribution is -0.144. The molecule has 110 valence electrons. The van der Waals surface area contributed by atoms with Crippen molar-refractivity contribution in [1.82, 2.24) is 4.90 Å². The van der Waals surface area contributed by atoms with Crippen molar-refractivity contribution in [3.63, 3.8) is 0 Å². The number of rotatable bonds is 4. The van der Waals surface area contributed by atoms with Gasteiger partial charge in [-0.15, -0.1) is 0 Å². The van der Waals surface area contributed by atoms with Gasteiger partial charge < -0.3 is 15.4 Å². The van der Waals surface area contributed by atoms with Crippen molar-refractivity contribution in [3.05, 3.63) is 29.8 Å². The second kappa shape index (κ2) is 6.75. The fourth-order valence-electron chi connectivity index (χ4n) is 2.64. The van der Waals surface area contributed by atoms with Gasteiger partial charge >= 0.3 is 0 Å². The predicted molar refractivity (Wildman–Crippen MR) is 80.4 cm³/mol. The summed E-state index contributed by atoms with van der Waals surface area (Å²) in [6.45, 7) is 5.52. The Kier molecular flexibility index (Phi) is 5.01. The van der Waals surface area contributed by atoms with Gasteiger partial charge in [-0.05, 0) is 31.4 Å². The van der Waals surface area contributed by atoms with E-state index in [0.717, 1.165) is 17.7 Å². The standard InChI is InChI=1S/C16H24N2O2/c1-3-14-11-18(10-12(2)20-14)16(19)9-8-13-6-4-5-7-15(13)17/h4-7,12,14H,3,8-11,17H2,1-2H3. The minimum absolute atomic E-state index is 0.124. The predicted octanol–water partition coefficient (Wildman–Crippen LogP) is 2.23. The monoisotopic (exact) mass is 276 g/mol. The van der Waals surface area contributed by atoms with Gasteiger partial charge in [-0.25, -0.2) is 0 Å². The first-order valence-corrected chi connectivity index (χ1v) is 7.36. The molecular weight excluding hydrogens is 252 g/mol. The summed E-state index contributed by atoms with van der Waals surface area (Å²) in [5.74, 6) is 0.196. The first-order valence-electron chi connectivity index (χ1n) is 7.36. The minimum Gasteiger partial charge on any atom is -0.399 e. The molecule has 2 rings (SSSR count). The third-order valence-corrected chi connectivity index (χ3v) is 3.80. The Balaban J connectivity index is 1.90. The molecule has 0 bridgehead atoms. The third kappa shape index (κ3) is 3.73. The number of para-hydroxylation sites is 1. The molecule has 0 saturated carbocycles. The van der Waals surface area contributed by atoms with Crippen molar-refractivity contribution < 1.29 is 9.53 Å². The summed E-state index contributed by atoms with van der Waals surface area (Å²) >= 11 is 0. The molecule has 1 aromatic carbocycles. The number of carbonyl (C=O) groups excluding carboxylic acids is 1. The molecule has 20 heavy (non-hydrogen) atoms. The molecule has 1 heterocycles. The van der Waals surface area contributed by atoms with E-state index in [9.17, 15) is 4.79 Å². The molecule has 2 atom stereocenters. The van der Waals surface area contributed by atoms with Crippen LogP contribution in [-0.4, -0.2) is 36.1 Å². The number of carbonyl (C=O) groups is 1. The van der Waals surface area contributed by atoms with E-state index in [1.807, 2.05) is 36.1 Å². The van der Waals surface area contributed by atoms with Crippen LogP contribution in [0.4, 0.5) is 5.69 Å². The smallest absolute Gasteiger partial charge is 0.223 e. The second-order valence-electron chi connectivity index (χ2n) is 5.47. The van der Waals surface area contributed by atoms with E-state index in [-0.39, 0.29) is 18.1 Å². The van der Waals surface area contributed by atoms with Crippen LogP contribution in [0.15, 0.2) is 24.3 Å².